The van der Waals surface area contributed by atoms with Gasteiger partial charge in [-0.15, -0.1) is 0 Å². The lowest BCUT2D eigenvalue weighted by molar-refractivity contribution is -0.126. The van der Waals surface area contributed by atoms with Gasteiger partial charge in [0, 0.05) is 19.6 Å². The Morgan fingerprint density at radius 1 is 1.14 bits per heavy atom. The van der Waals surface area contributed by atoms with Crippen LogP contribution < -0.4 is 15.4 Å². The minimum atomic E-state index is -3.87. The van der Waals surface area contributed by atoms with Crippen molar-refractivity contribution in [2.24, 2.45) is 11.8 Å². The molecule has 0 unspecified atom stereocenters. The van der Waals surface area contributed by atoms with Crippen molar-refractivity contribution >= 4 is 15.9 Å². The first-order chi connectivity index (χ1) is 16.7. The highest BCUT2D eigenvalue weighted by Gasteiger charge is 2.33. The van der Waals surface area contributed by atoms with Crippen molar-refractivity contribution in [3.05, 3.63) is 60.2 Å². The molecular formula is C26H37N3O5S. The lowest BCUT2D eigenvalue weighted by Crippen LogP contribution is -2.52. The van der Waals surface area contributed by atoms with Crippen LogP contribution in [0.15, 0.2) is 59.5 Å². The molecule has 2 aromatic carbocycles. The van der Waals surface area contributed by atoms with Gasteiger partial charge >= 0.3 is 0 Å². The van der Waals surface area contributed by atoms with Crippen LogP contribution in [0.5, 0.6) is 5.75 Å². The molecule has 3 N–H and O–H groups in total. The van der Waals surface area contributed by atoms with Gasteiger partial charge in [0.2, 0.25) is 15.9 Å². The van der Waals surface area contributed by atoms with E-state index in [-0.39, 0.29) is 35.7 Å². The molecule has 1 heterocycles. The average Bonchev–Trinajstić information content (AvgIpc) is 3.39. The number of carbonyl (C=O) groups is 1. The third-order valence-corrected chi connectivity index (χ3v) is 8.02. The highest BCUT2D eigenvalue weighted by atomic mass is 32.2. The second-order valence-electron chi connectivity index (χ2n) is 9.45. The number of aliphatic hydroxyl groups excluding tert-OH is 1. The molecule has 0 saturated carbocycles. The molecule has 1 aliphatic rings. The van der Waals surface area contributed by atoms with E-state index in [1.807, 2.05) is 44.2 Å². The summed E-state index contributed by atoms with van der Waals surface area (Å²) in [6.07, 6.45) is 0.0393. The zero-order chi connectivity index (χ0) is 25.4. The van der Waals surface area contributed by atoms with E-state index in [1.54, 1.807) is 12.1 Å². The minimum Gasteiger partial charge on any atom is -0.497 e. The Morgan fingerprint density at radius 3 is 2.40 bits per heavy atom. The summed E-state index contributed by atoms with van der Waals surface area (Å²) < 4.78 is 33.4. The van der Waals surface area contributed by atoms with Crippen molar-refractivity contribution < 1.29 is 23.1 Å². The molecule has 0 spiro atoms. The summed E-state index contributed by atoms with van der Waals surface area (Å²) in [7, 11) is -2.35. The van der Waals surface area contributed by atoms with Gasteiger partial charge in [0.15, 0.2) is 0 Å². The lowest BCUT2D eigenvalue weighted by atomic mass is 9.99. The smallest absolute Gasteiger partial charge is 0.243 e. The molecule has 9 heteroatoms. The highest BCUT2D eigenvalue weighted by Crippen LogP contribution is 2.22. The summed E-state index contributed by atoms with van der Waals surface area (Å²) in [5.74, 6) is 0.326. The third-order valence-electron chi connectivity index (χ3n) is 6.18. The Kier molecular flexibility index (Phi) is 9.68. The van der Waals surface area contributed by atoms with Crippen LogP contribution in [0.3, 0.4) is 0 Å². The summed E-state index contributed by atoms with van der Waals surface area (Å²) in [4.78, 5) is 13.0. The standard InChI is InChI=1S/C26H37N3O5S/c1-19(2)17-29(35(32,33)23-11-9-22(34-3)10-12-23)18-25(30)24(15-20-7-5-4-6-8-20)28-26(31)21-13-14-27-16-21/h4-12,19,21,24-25,27,30H,13-18H2,1-3H3,(H,28,31)/t21-,24-,25+/m0/s1. The maximum absolute atomic E-state index is 13.5. The van der Waals surface area contributed by atoms with Crippen molar-refractivity contribution in [3.63, 3.8) is 0 Å². The van der Waals surface area contributed by atoms with Gasteiger partial charge in [0.25, 0.3) is 0 Å². The fraction of sp³-hybridized carbons (Fsp3) is 0.500. The number of ether oxygens (including phenoxy) is 1. The van der Waals surface area contributed by atoms with E-state index < -0.39 is 22.2 Å². The zero-order valence-electron chi connectivity index (χ0n) is 20.7. The largest absolute Gasteiger partial charge is 0.497 e. The quantitative estimate of drug-likeness (QED) is 0.409. The van der Waals surface area contributed by atoms with Crippen LogP contribution >= 0.6 is 0 Å². The molecule has 1 aliphatic heterocycles. The predicted octanol–water partition coefficient (Wildman–Crippen LogP) is 2.04. The van der Waals surface area contributed by atoms with Gasteiger partial charge in [-0.3, -0.25) is 4.79 Å². The van der Waals surface area contributed by atoms with Crippen LogP contribution in [0.2, 0.25) is 0 Å². The van der Waals surface area contributed by atoms with Crippen molar-refractivity contribution in [2.45, 2.75) is 43.7 Å². The first kappa shape index (κ1) is 27.1. The molecule has 0 radical (unpaired) electrons. The first-order valence-corrected chi connectivity index (χ1v) is 13.5. The third kappa shape index (κ3) is 7.51. The fourth-order valence-electron chi connectivity index (χ4n) is 4.24. The first-order valence-electron chi connectivity index (χ1n) is 12.1. The molecule has 0 aliphatic carbocycles. The number of benzene rings is 2. The SMILES string of the molecule is COc1ccc(S(=O)(=O)N(CC(C)C)C[C@@H](O)[C@H](Cc2ccccc2)NC(=O)[C@H]2CCNC2)cc1. The number of hydrogen-bond donors (Lipinski definition) is 3. The van der Waals surface area contributed by atoms with Gasteiger partial charge in [0.05, 0.1) is 30.1 Å². The number of carbonyl (C=O) groups excluding carboxylic acids is 1. The maximum Gasteiger partial charge on any atom is 0.243 e. The summed E-state index contributed by atoms with van der Waals surface area (Å²) in [6, 6.07) is 15.2. The number of rotatable bonds is 12. The highest BCUT2D eigenvalue weighted by molar-refractivity contribution is 7.89. The Labute approximate surface area is 208 Å². The van der Waals surface area contributed by atoms with E-state index in [9.17, 15) is 18.3 Å². The number of nitrogens with zero attached hydrogens (tertiary/aromatic N) is 1. The Hall–Kier alpha value is -2.46. The van der Waals surface area contributed by atoms with Crippen LogP contribution in [0, 0.1) is 11.8 Å². The Balaban J connectivity index is 1.83. The van der Waals surface area contributed by atoms with Gasteiger partial charge in [-0.2, -0.15) is 4.31 Å². The topological polar surface area (TPSA) is 108 Å². The monoisotopic (exact) mass is 503 g/mol. The summed E-state index contributed by atoms with van der Waals surface area (Å²) in [5.41, 5.74) is 0.954. The van der Waals surface area contributed by atoms with E-state index in [0.29, 0.717) is 18.7 Å². The van der Waals surface area contributed by atoms with Crippen LogP contribution in [0.25, 0.3) is 0 Å². The van der Waals surface area contributed by atoms with Crippen LogP contribution in [-0.2, 0) is 21.2 Å². The molecule has 1 fully saturated rings. The maximum atomic E-state index is 13.5. The van der Waals surface area contributed by atoms with Crippen LogP contribution in [0.1, 0.15) is 25.8 Å². The molecule has 0 bridgehead atoms. The zero-order valence-corrected chi connectivity index (χ0v) is 21.5. The van der Waals surface area contributed by atoms with Crippen molar-refractivity contribution in [1.82, 2.24) is 14.9 Å². The Bertz CT molecular complexity index is 1040. The number of aliphatic hydroxyl groups is 1. The summed E-state index contributed by atoms with van der Waals surface area (Å²) in [6.45, 7) is 5.35. The minimum absolute atomic E-state index is 0.0435. The molecular weight excluding hydrogens is 466 g/mol. The van der Waals surface area contributed by atoms with Gasteiger partial charge in [0.1, 0.15) is 5.75 Å². The van der Waals surface area contributed by atoms with Crippen molar-refractivity contribution in [2.75, 3.05) is 33.3 Å². The van der Waals surface area contributed by atoms with Crippen molar-refractivity contribution in [1.29, 1.82) is 0 Å². The molecule has 1 amide bonds. The number of amides is 1. The normalized spacial score (nSPS) is 17.9. The fourth-order valence-corrected chi connectivity index (χ4v) is 5.86. The number of sulfonamides is 1. The second-order valence-corrected chi connectivity index (χ2v) is 11.4. The van der Waals surface area contributed by atoms with Crippen LogP contribution in [0.4, 0.5) is 0 Å². The van der Waals surface area contributed by atoms with E-state index in [0.717, 1.165) is 18.5 Å². The van der Waals surface area contributed by atoms with Crippen molar-refractivity contribution in [3.8, 4) is 5.75 Å². The van der Waals surface area contributed by atoms with Gasteiger partial charge in [-0.05, 0) is 55.1 Å². The summed E-state index contributed by atoms with van der Waals surface area (Å²) >= 11 is 0. The Morgan fingerprint density at radius 2 is 1.83 bits per heavy atom. The van der Waals surface area contributed by atoms with E-state index in [2.05, 4.69) is 10.6 Å². The molecule has 35 heavy (non-hydrogen) atoms. The number of hydrogen-bond acceptors (Lipinski definition) is 6. The molecule has 2 aromatic rings. The molecule has 8 nitrogen and oxygen atoms in total. The molecule has 192 valence electrons. The summed E-state index contributed by atoms with van der Waals surface area (Å²) in [5, 5.41) is 17.5. The van der Waals surface area contributed by atoms with E-state index >= 15 is 0 Å². The van der Waals surface area contributed by atoms with Gasteiger partial charge < -0.3 is 20.5 Å². The number of methoxy groups -OCH3 is 1. The van der Waals surface area contributed by atoms with Crippen LogP contribution in [-0.4, -0.2) is 69.2 Å². The van der Waals surface area contributed by atoms with Gasteiger partial charge in [-0.1, -0.05) is 44.2 Å². The molecule has 1 saturated heterocycles. The predicted molar refractivity (Wildman–Crippen MR) is 136 cm³/mol. The average molecular weight is 504 g/mol. The molecule has 0 aromatic heterocycles. The molecule has 3 atom stereocenters. The second kappa shape index (κ2) is 12.5. The molecule has 3 rings (SSSR count). The number of nitrogens with one attached hydrogen (secondary N) is 2. The van der Waals surface area contributed by atoms with E-state index in [4.69, 9.17) is 4.74 Å². The van der Waals surface area contributed by atoms with E-state index in [1.165, 1.54) is 23.5 Å². The van der Waals surface area contributed by atoms with Gasteiger partial charge in [-0.25, -0.2) is 8.42 Å². The lowest BCUT2D eigenvalue weighted by Gasteiger charge is -2.31.